The molecule has 0 bridgehead atoms. The summed E-state index contributed by atoms with van der Waals surface area (Å²) in [4.78, 5) is 11.8. The second kappa shape index (κ2) is 6.66. The van der Waals surface area contributed by atoms with Gasteiger partial charge in [-0.3, -0.25) is 4.79 Å². The highest BCUT2D eigenvalue weighted by Gasteiger charge is 2.30. The van der Waals surface area contributed by atoms with Gasteiger partial charge in [0.15, 0.2) is 5.78 Å². The number of halogens is 4. The van der Waals surface area contributed by atoms with Crippen LogP contribution in [0.2, 0.25) is 5.02 Å². The van der Waals surface area contributed by atoms with Crippen LogP contribution in [0.5, 0.6) is 0 Å². The van der Waals surface area contributed by atoms with Crippen molar-refractivity contribution in [2.75, 3.05) is 5.32 Å². The predicted octanol–water partition coefficient (Wildman–Crippen LogP) is 5.17. The summed E-state index contributed by atoms with van der Waals surface area (Å²) in [5.74, 6) is -0.281. The van der Waals surface area contributed by atoms with Crippen LogP contribution in [0.15, 0.2) is 60.8 Å². The van der Waals surface area contributed by atoms with E-state index >= 15 is 0 Å². The van der Waals surface area contributed by atoms with Gasteiger partial charge in [-0.25, -0.2) is 0 Å². The number of carbonyl (C=O) groups is 1. The van der Waals surface area contributed by atoms with E-state index in [4.69, 9.17) is 11.6 Å². The van der Waals surface area contributed by atoms with Crippen molar-refractivity contribution in [2.45, 2.75) is 6.18 Å². The largest absolute Gasteiger partial charge is 0.416 e. The van der Waals surface area contributed by atoms with Crippen LogP contribution in [-0.4, -0.2) is 5.78 Å². The standard InChI is InChI=1S/C16H11ClF3NO/c17-13-6-4-11(5-7-13)15(22)8-9-21-14-3-1-2-12(10-14)16(18,19)20/h1-10,21H/b9-8+. The Kier molecular flexibility index (Phi) is 4.88. The van der Waals surface area contributed by atoms with Crippen LogP contribution in [0.25, 0.3) is 0 Å². The first-order chi connectivity index (χ1) is 10.4. The Morgan fingerprint density at radius 3 is 2.41 bits per heavy atom. The maximum atomic E-state index is 12.6. The van der Waals surface area contributed by atoms with Crippen molar-refractivity contribution in [3.8, 4) is 0 Å². The summed E-state index contributed by atoms with van der Waals surface area (Å²) in [5.41, 5.74) is -0.0728. The third kappa shape index (κ3) is 4.36. The Morgan fingerprint density at radius 2 is 1.77 bits per heavy atom. The van der Waals surface area contributed by atoms with Gasteiger partial charge in [0.25, 0.3) is 0 Å². The molecule has 0 heterocycles. The second-order valence-electron chi connectivity index (χ2n) is 4.43. The molecular formula is C16H11ClF3NO. The van der Waals surface area contributed by atoms with Gasteiger partial charge in [0, 0.05) is 28.5 Å². The van der Waals surface area contributed by atoms with Gasteiger partial charge >= 0.3 is 6.18 Å². The van der Waals surface area contributed by atoms with Crippen molar-refractivity contribution in [3.63, 3.8) is 0 Å². The number of alkyl halides is 3. The molecule has 0 spiro atoms. The van der Waals surface area contributed by atoms with Crippen molar-refractivity contribution >= 4 is 23.1 Å². The maximum absolute atomic E-state index is 12.6. The van der Waals surface area contributed by atoms with Crippen LogP contribution in [0.1, 0.15) is 15.9 Å². The second-order valence-corrected chi connectivity index (χ2v) is 4.86. The van der Waals surface area contributed by atoms with Gasteiger partial charge in [-0.1, -0.05) is 17.7 Å². The highest BCUT2D eigenvalue weighted by atomic mass is 35.5. The van der Waals surface area contributed by atoms with E-state index in [-0.39, 0.29) is 11.5 Å². The summed E-state index contributed by atoms with van der Waals surface area (Å²) < 4.78 is 37.7. The normalized spacial score (nSPS) is 11.6. The first-order valence-electron chi connectivity index (χ1n) is 6.26. The average Bonchev–Trinajstić information content (AvgIpc) is 2.47. The monoisotopic (exact) mass is 325 g/mol. The number of hydrogen-bond donors (Lipinski definition) is 1. The predicted molar refractivity (Wildman–Crippen MR) is 80.0 cm³/mol. The Morgan fingerprint density at radius 1 is 1.09 bits per heavy atom. The number of carbonyl (C=O) groups excluding carboxylic acids is 1. The third-order valence-electron chi connectivity index (χ3n) is 2.80. The van der Waals surface area contributed by atoms with Crippen LogP contribution in [0.3, 0.4) is 0 Å². The maximum Gasteiger partial charge on any atom is 0.416 e. The van der Waals surface area contributed by atoms with Gasteiger partial charge in [0.1, 0.15) is 0 Å². The molecule has 0 aliphatic rings. The van der Waals surface area contributed by atoms with Gasteiger partial charge in [-0.2, -0.15) is 13.2 Å². The van der Waals surface area contributed by atoms with E-state index in [2.05, 4.69) is 5.32 Å². The molecule has 1 N–H and O–H groups in total. The van der Waals surface area contributed by atoms with Gasteiger partial charge < -0.3 is 5.32 Å². The Balaban J connectivity index is 2.03. The quantitative estimate of drug-likeness (QED) is 0.621. The molecule has 0 saturated heterocycles. The lowest BCUT2D eigenvalue weighted by atomic mass is 10.1. The summed E-state index contributed by atoms with van der Waals surface area (Å²) in [5, 5.41) is 3.16. The third-order valence-corrected chi connectivity index (χ3v) is 3.06. The molecule has 0 saturated carbocycles. The minimum Gasteiger partial charge on any atom is -0.362 e. The molecule has 0 aromatic heterocycles. The molecule has 0 amide bonds. The van der Waals surface area contributed by atoms with E-state index < -0.39 is 11.7 Å². The minimum absolute atomic E-state index is 0.245. The van der Waals surface area contributed by atoms with Crippen LogP contribution < -0.4 is 5.32 Å². The number of allylic oxidation sites excluding steroid dienone is 1. The van der Waals surface area contributed by atoms with E-state index in [1.165, 1.54) is 24.4 Å². The molecular weight excluding hydrogens is 315 g/mol. The summed E-state index contributed by atoms with van der Waals surface area (Å²) in [6.45, 7) is 0. The van der Waals surface area contributed by atoms with Crippen molar-refractivity contribution in [2.24, 2.45) is 0 Å². The zero-order valence-electron chi connectivity index (χ0n) is 11.2. The smallest absolute Gasteiger partial charge is 0.362 e. The number of rotatable bonds is 4. The fourth-order valence-corrected chi connectivity index (χ4v) is 1.84. The SMILES string of the molecule is O=C(/C=C/Nc1cccc(C(F)(F)F)c1)c1ccc(Cl)cc1. The zero-order valence-corrected chi connectivity index (χ0v) is 11.9. The number of benzene rings is 2. The zero-order chi connectivity index (χ0) is 16.2. The van der Waals surface area contributed by atoms with Crippen molar-refractivity contribution in [1.82, 2.24) is 0 Å². The van der Waals surface area contributed by atoms with Crippen molar-refractivity contribution in [1.29, 1.82) is 0 Å². The number of ketones is 1. The Hall–Kier alpha value is -2.27. The molecule has 2 nitrogen and oxygen atoms in total. The Bertz CT molecular complexity index is 693. The Labute approximate surface area is 130 Å². The lowest BCUT2D eigenvalue weighted by Gasteiger charge is -2.08. The molecule has 0 atom stereocenters. The molecule has 2 aromatic rings. The molecule has 0 aliphatic heterocycles. The first-order valence-corrected chi connectivity index (χ1v) is 6.64. The van der Waals surface area contributed by atoms with E-state index in [0.717, 1.165) is 12.1 Å². The highest BCUT2D eigenvalue weighted by molar-refractivity contribution is 6.30. The van der Waals surface area contributed by atoms with Gasteiger partial charge in [-0.15, -0.1) is 0 Å². The minimum atomic E-state index is -4.40. The van der Waals surface area contributed by atoms with E-state index in [0.29, 0.717) is 10.6 Å². The first kappa shape index (κ1) is 16.1. The average molecular weight is 326 g/mol. The van der Waals surface area contributed by atoms with Gasteiger partial charge in [0.05, 0.1) is 5.56 Å². The topological polar surface area (TPSA) is 29.1 Å². The fourth-order valence-electron chi connectivity index (χ4n) is 1.71. The number of hydrogen-bond acceptors (Lipinski definition) is 2. The fraction of sp³-hybridized carbons (Fsp3) is 0.0625. The molecule has 114 valence electrons. The van der Waals surface area contributed by atoms with Gasteiger partial charge in [0.2, 0.25) is 0 Å². The van der Waals surface area contributed by atoms with E-state index in [1.54, 1.807) is 24.3 Å². The van der Waals surface area contributed by atoms with Gasteiger partial charge in [-0.05, 0) is 42.5 Å². The van der Waals surface area contributed by atoms with Crippen molar-refractivity contribution < 1.29 is 18.0 Å². The molecule has 0 unspecified atom stereocenters. The lowest BCUT2D eigenvalue weighted by Crippen LogP contribution is -2.05. The van der Waals surface area contributed by atoms with E-state index in [9.17, 15) is 18.0 Å². The molecule has 2 rings (SSSR count). The highest BCUT2D eigenvalue weighted by Crippen LogP contribution is 2.30. The number of nitrogens with one attached hydrogen (secondary N) is 1. The van der Waals surface area contributed by atoms with E-state index in [1.807, 2.05) is 0 Å². The van der Waals surface area contributed by atoms with Crippen molar-refractivity contribution in [3.05, 3.63) is 77.0 Å². The van der Waals surface area contributed by atoms with Crippen LogP contribution in [0.4, 0.5) is 18.9 Å². The summed E-state index contributed by atoms with van der Waals surface area (Å²) in [7, 11) is 0. The molecule has 2 aromatic carbocycles. The molecule has 0 fully saturated rings. The lowest BCUT2D eigenvalue weighted by molar-refractivity contribution is -0.137. The van der Waals surface area contributed by atoms with Crippen LogP contribution >= 0.6 is 11.6 Å². The van der Waals surface area contributed by atoms with Crippen LogP contribution in [0, 0.1) is 0 Å². The molecule has 22 heavy (non-hydrogen) atoms. The molecule has 0 aliphatic carbocycles. The summed E-state index contributed by atoms with van der Waals surface area (Å²) in [6.07, 6.45) is -1.86. The van der Waals surface area contributed by atoms with Crippen LogP contribution in [-0.2, 0) is 6.18 Å². The molecule has 0 radical (unpaired) electrons. The summed E-state index contributed by atoms with van der Waals surface area (Å²) in [6, 6.07) is 11.0. The summed E-state index contributed by atoms with van der Waals surface area (Å²) >= 11 is 5.72. The molecule has 6 heteroatoms. The number of anilines is 1.